The van der Waals surface area contributed by atoms with Crippen molar-refractivity contribution in [3.63, 3.8) is 0 Å². The molecular weight excluding hydrogens is 320 g/mol. The third-order valence-corrected chi connectivity index (χ3v) is 3.40. The fourth-order valence-electron chi connectivity index (χ4n) is 2.03. The number of hydrogen-bond donors (Lipinski definition) is 0. The maximum atomic E-state index is 11.1. The Balaban J connectivity index is 1.93. The van der Waals surface area contributed by atoms with E-state index >= 15 is 0 Å². The van der Waals surface area contributed by atoms with Gasteiger partial charge in [-0.3, -0.25) is 9.48 Å². The van der Waals surface area contributed by atoms with Crippen LogP contribution in [0.25, 0.3) is 11.5 Å². The Kier molecular flexibility index (Phi) is 3.52. The molecule has 3 aromatic rings. The van der Waals surface area contributed by atoms with Crippen molar-refractivity contribution in [1.82, 2.24) is 9.78 Å². The lowest BCUT2D eigenvalue weighted by Gasteiger charge is -2.02. The van der Waals surface area contributed by atoms with Crippen LogP contribution in [0.5, 0.6) is 0 Å². The molecule has 0 atom stereocenters. The fourth-order valence-corrected chi connectivity index (χ4v) is 2.48. The van der Waals surface area contributed by atoms with Crippen LogP contribution in [0, 0.1) is 0 Å². The van der Waals surface area contributed by atoms with Gasteiger partial charge in [0.1, 0.15) is 5.69 Å². The summed E-state index contributed by atoms with van der Waals surface area (Å²) >= 11 is 3.44. The highest BCUT2D eigenvalue weighted by Gasteiger charge is 2.13. The highest BCUT2D eigenvalue weighted by atomic mass is 79.9. The number of aromatic nitrogens is 2. The monoisotopic (exact) mass is 330 g/mol. The zero-order valence-corrected chi connectivity index (χ0v) is 12.1. The summed E-state index contributed by atoms with van der Waals surface area (Å²) in [6, 6.07) is 11.5. The van der Waals surface area contributed by atoms with E-state index in [9.17, 15) is 4.79 Å². The fraction of sp³-hybridized carbons (Fsp3) is 0.0667. The maximum Gasteiger partial charge on any atom is 0.154 e. The van der Waals surface area contributed by atoms with E-state index in [1.165, 1.54) is 0 Å². The Morgan fingerprint density at radius 3 is 2.90 bits per heavy atom. The lowest BCUT2D eigenvalue weighted by atomic mass is 10.2. The molecule has 0 fully saturated rings. The lowest BCUT2D eigenvalue weighted by molar-refractivity contribution is 0.112. The van der Waals surface area contributed by atoms with Gasteiger partial charge in [-0.1, -0.05) is 28.1 Å². The summed E-state index contributed by atoms with van der Waals surface area (Å²) in [6.45, 7) is 0.598. The van der Waals surface area contributed by atoms with Crippen molar-refractivity contribution < 1.29 is 9.21 Å². The van der Waals surface area contributed by atoms with Gasteiger partial charge in [0.2, 0.25) is 0 Å². The molecule has 0 N–H and O–H groups in total. The summed E-state index contributed by atoms with van der Waals surface area (Å²) in [6.07, 6.45) is 4.09. The van der Waals surface area contributed by atoms with Gasteiger partial charge in [0.25, 0.3) is 0 Å². The predicted octanol–water partition coefficient (Wildman–Crippen LogP) is 3.77. The maximum absolute atomic E-state index is 11.1. The number of rotatable bonds is 4. The van der Waals surface area contributed by atoms with E-state index in [2.05, 4.69) is 21.0 Å². The molecule has 0 spiro atoms. The number of carbonyl (C=O) groups excluding carboxylic acids is 1. The molecule has 2 aromatic heterocycles. The minimum Gasteiger partial charge on any atom is -0.463 e. The van der Waals surface area contributed by atoms with Gasteiger partial charge < -0.3 is 4.42 Å². The molecule has 0 aliphatic rings. The quantitative estimate of drug-likeness (QED) is 0.684. The minimum absolute atomic E-state index is 0.523. The standard InChI is InChI=1S/C15H11BrN2O2/c16-13-4-1-3-11(7-13)8-18-9-12(10-19)15(17-18)14-5-2-6-20-14/h1-7,9-10H,8H2. The van der Waals surface area contributed by atoms with Crippen LogP contribution in [0.4, 0.5) is 0 Å². The first kappa shape index (κ1) is 12.9. The number of halogens is 1. The highest BCUT2D eigenvalue weighted by Crippen LogP contribution is 2.22. The Bertz CT molecular complexity index is 732. The number of benzene rings is 1. The summed E-state index contributed by atoms with van der Waals surface area (Å²) in [4.78, 5) is 11.1. The van der Waals surface area contributed by atoms with Crippen LogP contribution in [0.1, 0.15) is 15.9 Å². The number of nitrogens with zero attached hydrogens (tertiary/aromatic N) is 2. The van der Waals surface area contributed by atoms with Crippen molar-refractivity contribution in [2.45, 2.75) is 6.54 Å². The van der Waals surface area contributed by atoms with Crippen LogP contribution in [-0.4, -0.2) is 16.1 Å². The second-order valence-electron chi connectivity index (χ2n) is 4.36. The van der Waals surface area contributed by atoms with Crippen LogP contribution in [0.2, 0.25) is 0 Å². The number of carbonyl (C=O) groups is 1. The van der Waals surface area contributed by atoms with Crippen molar-refractivity contribution in [2.24, 2.45) is 0 Å². The van der Waals surface area contributed by atoms with Gasteiger partial charge in [-0.05, 0) is 29.8 Å². The summed E-state index contributed by atoms with van der Waals surface area (Å²) < 4.78 is 8.06. The number of hydrogen-bond acceptors (Lipinski definition) is 3. The van der Waals surface area contributed by atoms with E-state index in [1.807, 2.05) is 24.3 Å². The molecule has 5 heteroatoms. The first-order chi connectivity index (χ1) is 9.76. The zero-order valence-electron chi connectivity index (χ0n) is 10.5. The molecule has 2 heterocycles. The second-order valence-corrected chi connectivity index (χ2v) is 5.27. The van der Waals surface area contributed by atoms with Crippen LogP contribution < -0.4 is 0 Å². The van der Waals surface area contributed by atoms with Gasteiger partial charge in [-0.25, -0.2) is 0 Å². The Hall–Kier alpha value is -2.14. The average molecular weight is 331 g/mol. The normalized spacial score (nSPS) is 10.7. The van der Waals surface area contributed by atoms with Gasteiger partial charge >= 0.3 is 0 Å². The molecule has 0 bridgehead atoms. The highest BCUT2D eigenvalue weighted by molar-refractivity contribution is 9.10. The molecule has 0 aliphatic heterocycles. The van der Waals surface area contributed by atoms with Crippen LogP contribution >= 0.6 is 15.9 Å². The van der Waals surface area contributed by atoms with Gasteiger partial charge in [-0.2, -0.15) is 5.10 Å². The van der Waals surface area contributed by atoms with Gasteiger partial charge in [-0.15, -0.1) is 0 Å². The Morgan fingerprint density at radius 2 is 2.20 bits per heavy atom. The zero-order chi connectivity index (χ0) is 13.9. The number of furan rings is 1. The SMILES string of the molecule is O=Cc1cn(Cc2cccc(Br)c2)nc1-c1ccco1. The topological polar surface area (TPSA) is 48.0 Å². The minimum atomic E-state index is 0.523. The van der Waals surface area contributed by atoms with Crippen molar-refractivity contribution in [3.05, 3.63) is 64.5 Å². The molecule has 1 aromatic carbocycles. The van der Waals surface area contributed by atoms with Crippen LogP contribution in [0.15, 0.2) is 57.7 Å². The van der Waals surface area contributed by atoms with Crippen molar-refractivity contribution in [2.75, 3.05) is 0 Å². The molecule has 100 valence electrons. The van der Waals surface area contributed by atoms with E-state index in [0.29, 0.717) is 23.6 Å². The van der Waals surface area contributed by atoms with E-state index < -0.39 is 0 Å². The Labute approximate surface area is 124 Å². The van der Waals surface area contributed by atoms with Gasteiger partial charge in [0.15, 0.2) is 12.0 Å². The molecule has 0 aliphatic carbocycles. The van der Waals surface area contributed by atoms with Crippen LogP contribution in [0.3, 0.4) is 0 Å². The summed E-state index contributed by atoms with van der Waals surface area (Å²) in [5, 5.41) is 4.42. The van der Waals surface area contributed by atoms with Gasteiger partial charge in [0.05, 0.1) is 18.4 Å². The molecule has 0 unspecified atom stereocenters. The summed E-state index contributed by atoms with van der Waals surface area (Å²) in [5.41, 5.74) is 2.19. The van der Waals surface area contributed by atoms with E-state index in [4.69, 9.17) is 4.42 Å². The summed E-state index contributed by atoms with van der Waals surface area (Å²) in [5.74, 6) is 0.597. The third-order valence-electron chi connectivity index (χ3n) is 2.91. The first-order valence-electron chi connectivity index (χ1n) is 6.07. The van der Waals surface area contributed by atoms with E-state index in [0.717, 1.165) is 16.3 Å². The van der Waals surface area contributed by atoms with Crippen LogP contribution in [-0.2, 0) is 6.54 Å². The number of aldehydes is 1. The Morgan fingerprint density at radius 1 is 1.30 bits per heavy atom. The van der Waals surface area contributed by atoms with E-state index in [-0.39, 0.29) is 0 Å². The molecule has 0 radical (unpaired) electrons. The third kappa shape index (κ3) is 2.58. The molecule has 20 heavy (non-hydrogen) atoms. The second kappa shape index (κ2) is 5.46. The van der Waals surface area contributed by atoms with Crippen molar-refractivity contribution in [1.29, 1.82) is 0 Å². The van der Waals surface area contributed by atoms with E-state index in [1.54, 1.807) is 29.3 Å². The molecule has 0 amide bonds. The molecular formula is C15H11BrN2O2. The van der Waals surface area contributed by atoms with Gasteiger partial charge in [0, 0.05) is 10.7 Å². The average Bonchev–Trinajstić information content (AvgIpc) is 3.06. The van der Waals surface area contributed by atoms with Crippen molar-refractivity contribution in [3.8, 4) is 11.5 Å². The molecule has 3 rings (SSSR count). The molecule has 0 saturated heterocycles. The first-order valence-corrected chi connectivity index (χ1v) is 6.86. The van der Waals surface area contributed by atoms with Crippen molar-refractivity contribution >= 4 is 22.2 Å². The summed E-state index contributed by atoms with van der Waals surface area (Å²) in [7, 11) is 0. The molecule has 4 nitrogen and oxygen atoms in total. The smallest absolute Gasteiger partial charge is 0.154 e. The predicted molar refractivity (Wildman–Crippen MR) is 78.6 cm³/mol. The largest absolute Gasteiger partial charge is 0.463 e. The lowest BCUT2D eigenvalue weighted by Crippen LogP contribution is -2.00. The molecule has 0 saturated carbocycles.